The summed E-state index contributed by atoms with van der Waals surface area (Å²) in [5.74, 6) is 0.480. The van der Waals surface area contributed by atoms with E-state index in [0.717, 1.165) is 0 Å². The molecule has 1 aliphatic rings. The standard InChI is InChI=1S/C32H31N3O7S/c1-6-34(7-2)30(37)27-18(3)33-32-35(28(27)23-16-19(40-4)12-14-24(23)41-5)29(36)26(43-32)17-20-13-15-25(42-20)21-10-8-9-11-22(21)31(38)39/h8-17,28H,6-7H2,1-5H3,(H,38,39)/b26-17+/t28-/m1/s1. The molecule has 0 spiro atoms. The van der Waals surface area contributed by atoms with Crippen LogP contribution >= 0.6 is 11.3 Å². The van der Waals surface area contributed by atoms with Gasteiger partial charge in [-0.15, -0.1) is 0 Å². The van der Waals surface area contributed by atoms with Crippen LogP contribution in [0.2, 0.25) is 0 Å². The van der Waals surface area contributed by atoms with Crippen molar-refractivity contribution in [3.63, 3.8) is 0 Å². The van der Waals surface area contributed by atoms with Gasteiger partial charge in [0.15, 0.2) is 4.80 Å². The molecule has 1 amide bonds. The van der Waals surface area contributed by atoms with E-state index in [0.29, 0.717) is 67.8 Å². The molecule has 0 saturated heterocycles. The van der Waals surface area contributed by atoms with Gasteiger partial charge in [0.25, 0.3) is 11.5 Å². The van der Waals surface area contributed by atoms with E-state index in [1.54, 1.807) is 73.5 Å². The van der Waals surface area contributed by atoms with Gasteiger partial charge in [0.1, 0.15) is 29.1 Å². The van der Waals surface area contributed by atoms with Crippen LogP contribution in [0, 0.1) is 0 Å². The molecule has 4 aromatic rings. The molecule has 5 rings (SSSR count). The Morgan fingerprint density at radius 1 is 1.09 bits per heavy atom. The minimum atomic E-state index is -1.07. The Hall–Kier alpha value is -4.90. The predicted molar refractivity (Wildman–Crippen MR) is 162 cm³/mol. The average molecular weight is 602 g/mol. The Kier molecular flexibility index (Phi) is 8.36. The van der Waals surface area contributed by atoms with Crippen LogP contribution in [-0.4, -0.2) is 53.8 Å². The van der Waals surface area contributed by atoms with E-state index in [4.69, 9.17) is 18.9 Å². The van der Waals surface area contributed by atoms with Crippen LogP contribution in [-0.2, 0) is 4.79 Å². The number of carbonyl (C=O) groups excluding carboxylic acids is 1. The third-order valence-electron chi connectivity index (χ3n) is 7.36. The number of ether oxygens (including phenoxy) is 2. The number of likely N-dealkylation sites (N-methyl/N-ethyl adjacent to an activating group) is 1. The monoisotopic (exact) mass is 601 g/mol. The summed E-state index contributed by atoms with van der Waals surface area (Å²) in [4.78, 5) is 46.5. The fraction of sp³-hybridized carbons (Fsp3) is 0.250. The summed E-state index contributed by atoms with van der Waals surface area (Å²) in [5, 5.41) is 9.59. The maximum absolute atomic E-state index is 14.1. The molecule has 0 radical (unpaired) electrons. The summed E-state index contributed by atoms with van der Waals surface area (Å²) < 4.78 is 19.0. The summed E-state index contributed by atoms with van der Waals surface area (Å²) in [6.45, 7) is 6.56. The molecule has 2 aromatic carbocycles. The highest BCUT2D eigenvalue weighted by molar-refractivity contribution is 7.07. The molecule has 0 aliphatic carbocycles. The molecule has 1 aliphatic heterocycles. The number of rotatable bonds is 9. The fourth-order valence-corrected chi connectivity index (χ4v) is 6.24. The van der Waals surface area contributed by atoms with Crippen molar-refractivity contribution in [3.05, 3.63) is 102 Å². The van der Waals surface area contributed by atoms with E-state index in [9.17, 15) is 19.5 Å². The smallest absolute Gasteiger partial charge is 0.336 e. The number of amides is 1. The molecule has 10 nitrogen and oxygen atoms in total. The number of allylic oxidation sites excluding steroid dienone is 1. The summed E-state index contributed by atoms with van der Waals surface area (Å²) >= 11 is 1.17. The van der Waals surface area contributed by atoms with Crippen molar-refractivity contribution in [3.8, 4) is 22.8 Å². The molecule has 0 saturated carbocycles. The topological polar surface area (TPSA) is 124 Å². The largest absolute Gasteiger partial charge is 0.497 e. The molecule has 222 valence electrons. The summed E-state index contributed by atoms with van der Waals surface area (Å²) in [7, 11) is 3.08. The first-order chi connectivity index (χ1) is 20.7. The van der Waals surface area contributed by atoms with Crippen LogP contribution in [0.15, 0.2) is 80.1 Å². The second-order valence-corrected chi connectivity index (χ2v) is 10.7. The number of nitrogens with zero attached hydrogens (tertiary/aromatic N) is 3. The van der Waals surface area contributed by atoms with Gasteiger partial charge in [0.05, 0.1) is 35.6 Å². The fourth-order valence-electron chi connectivity index (χ4n) is 5.21. The van der Waals surface area contributed by atoms with Gasteiger partial charge in [-0.05, 0) is 57.2 Å². The van der Waals surface area contributed by atoms with Crippen molar-refractivity contribution in [1.29, 1.82) is 0 Å². The normalized spacial score (nSPS) is 14.7. The Bertz CT molecular complexity index is 1930. The first-order valence-electron chi connectivity index (χ1n) is 13.7. The van der Waals surface area contributed by atoms with Crippen molar-refractivity contribution in [2.75, 3.05) is 27.3 Å². The molecule has 11 heteroatoms. The van der Waals surface area contributed by atoms with Gasteiger partial charge in [-0.2, -0.15) is 0 Å². The number of carbonyl (C=O) groups is 2. The van der Waals surface area contributed by atoms with E-state index in [2.05, 4.69) is 0 Å². The van der Waals surface area contributed by atoms with Gasteiger partial charge in [-0.1, -0.05) is 29.5 Å². The first-order valence-corrected chi connectivity index (χ1v) is 14.5. The van der Waals surface area contributed by atoms with E-state index in [-0.39, 0.29) is 17.0 Å². The van der Waals surface area contributed by atoms with E-state index < -0.39 is 12.0 Å². The summed E-state index contributed by atoms with van der Waals surface area (Å²) in [6, 6.07) is 14.3. The van der Waals surface area contributed by atoms with Gasteiger partial charge in [-0.25, -0.2) is 9.79 Å². The van der Waals surface area contributed by atoms with Gasteiger partial charge < -0.3 is 23.9 Å². The van der Waals surface area contributed by atoms with Crippen LogP contribution in [0.1, 0.15) is 48.5 Å². The number of methoxy groups -OCH3 is 2. The van der Waals surface area contributed by atoms with Crippen LogP contribution in [0.25, 0.3) is 17.4 Å². The number of thiazole rings is 1. The van der Waals surface area contributed by atoms with Crippen molar-refractivity contribution in [2.45, 2.75) is 26.8 Å². The summed E-state index contributed by atoms with van der Waals surface area (Å²) in [6.07, 6.45) is 1.60. The highest BCUT2D eigenvalue weighted by atomic mass is 32.1. The minimum absolute atomic E-state index is 0.107. The number of fused-ring (bicyclic) bond motifs is 1. The zero-order valence-corrected chi connectivity index (χ0v) is 25.2. The van der Waals surface area contributed by atoms with Crippen molar-refractivity contribution in [1.82, 2.24) is 9.47 Å². The number of aromatic nitrogens is 1. The van der Waals surface area contributed by atoms with E-state index in [1.807, 2.05) is 13.8 Å². The highest BCUT2D eigenvalue weighted by Gasteiger charge is 2.36. The molecule has 0 bridgehead atoms. The maximum atomic E-state index is 14.1. The third kappa shape index (κ3) is 5.39. The second-order valence-electron chi connectivity index (χ2n) is 9.72. The minimum Gasteiger partial charge on any atom is -0.497 e. The average Bonchev–Trinajstić information content (AvgIpc) is 3.60. The SMILES string of the molecule is CCN(CC)C(=O)C1=C(C)N=c2s/c(=C/c3ccc(-c4ccccc4C(=O)O)o3)c(=O)n2[C@@H]1c1cc(OC)ccc1OC. The lowest BCUT2D eigenvalue weighted by Crippen LogP contribution is -2.43. The van der Waals surface area contributed by atoms with Gasteiger partial charge in [0, 0.05) is 30.3 Å². The third-order valence-corrected chi connectivity index (χ3v) is 8.34. The van der Waals surface area contributed by atoms with E-state index in [1.165, 1.54) is 29.1 Å². The van der Waals surface area contributed by atoms with Gasteiger partial charge in [-0.3, -0.25) is 14.2 Å². The highest BCUT2D eigenvalue weighted by Crippen LogP contribution is 2.38. The lowest BCUT2D eigenvalue weighted by atomic mass is 9.93. The number of benzene rings is 2. The quantitative estimate of drug-likeness (QED) is 0.307. The molecular weight excluding hydrogens is 570 g/mol. The Morgan fingerprint density at radius 3 is 2.51 bits per heavy atom. The van der Waals surface area contributed by atoms with Gasteiger partial charge >= 0.3 is 5.97 Å². The maximum Gasteiger partial charge on any atom is 0.336 e. The van der Waals surface area contributed by atoms with Crippen LogP contribution in [0.5, 0.6) is 11.5 Å². The van der Waals surface area contributed by atoms with Crippen LogP contribution in [0.3, 0.4) is 0 Å². The number of carboxylic acids is 1. The lowest BCUT2D eigenvalue weighted by Gasteiger charge is -2.30. The molecular formula is C32H31N3O7S. The van der Waals surface area contributed by atoms with Crippen molar-refractivity contribution in [2.24, 2.45) is 4.99 Å². The van der Waals surface area contributed by atoms with Crippen LogP contribution in [0.4, 0.5) is 0 Å². The lowest BCUT2D eigenvalue weighted by molar-refractivity contribution is -0.127. The molecule has 1 atom stereocenters. The molecule has 43 heavy (non-hydrogen) atoms. The Labute approximate surface area is 251 Å². The summed E-state index contributed by atoms with van der Waals surface area (Å²) in [5.41, 5.74) is 1.64. The van der Waals surface area contributed by atoms with Crippen molar-refractivity contribution < 1.29 is 28.6 Å². The zero-order chi connectivity index (χ0) is 30.8. The first kappa shape index (κ1) is 29.6. The van der Waals surface area contributed by atoms with Crippen LogP contribution < -0.4 is 24.4 Å². The predicted octanol–water partition coefficient (Wildman–Crippen LogP) is 4.08. The number of hydrogen-bond donors (Lipinski definition) is 1. The van der Waals surface area contributed by atoms with E-state index >= 15 is 0 Å². The van der Waals surface area contributed by atoms with Crippen molar-refractivity contribution >= 4 is 29.3 Å². The van der Waals surface area contributed by atoms with Gasteiger partial charge in [0.2, 0.25) is 0 Å². The Balaban J connectivity index is 1.70. The number of carboxylic acid groups (broad SMARTS) is 1. The number of aromatic carboxylic acids is 1. The number of furan rings is 1. The molecule has 2 aromatic heterocycles. The molecule has 3 heterocycles. The zero-order valence-electron chi connectivity index (χ0n) is 24.4. The molecule has 0 unspecified atom stereocenters. The molecule has 1 N–H and O–H groups in total. The second kappa shape index (κ2) is 12.1. The Morgan fingerprint density at radius 2 is 1.84 bits per heavy atom. The molecule has 0 fully saturated rings. The number of hydrogen-bond acceptors (Lipinski definition) is 8.